The van der Waals surface area contributed by atoms with Crippen LogP contribution >= 0.6 is 15.9 Å². The Morgan fingerprint density at radius 1 is 1.53 bits per heavy atom. The minimum absolute atomic E-state index is 0.0335. The van der Waals surface area contributed by atoms with E-state index in [1.807, 2.05) is 6.07 Å². The van der Waals surface area contributed by atoms with Gasteiger partial charge in [-0.15, -0.1) is 0 Å². The lowest BCUT2D eigenvalue weighted by atomic mass is 10.00. The molecule has 1 heterocycles. The Balaban J connectivity index is 2.06. The van der Waals surface area contributed by atoms with Crippen molar-refractivity contribution >= 4 is 15.9 Å². The molecule has 1 aromatic carbocycles. The van der Waals surface area contributed by atoms with Crippen LogP contribution in [0.1, 0.15) is 18.4 Å². The first-order valence-electron chi connectivity index (χ1n) is 5.72. The molecular formula is C12H16BrFN2O. The summed E-state index contributed by atoms with van der Waals surface area (Å²) < 4.78 is 19.6. The second-order valence-electron chi connectivity index (χ2n) is 4.31. The van der Waals surface area contributed by atoms with E-state index in [0.29, 0.717) is 6.42 Å². The molecule has 17 heavy (non-hydrogen) atoms. The Morgan fingerprint density at radius 2 is 2.35 bits per heavy atom. The van der Waals surface area contributed by atoms with E-state index in [1.165, 1.54) is 12.1 Å². The summed E-state index contributed by atoms with van der Waals surface area (Å²) in [6, 6.07) is 4.92. The van der Waals surface area contributed by atoms with E-state index in [9.17, 15) is 4.39 Å². The van der Waals surface area contributed by atoms with Gasteiger partial charge in [-0.25, -0.2) is 4.39 Å². The molecule has 1 aromatic rings. The third-order valence-corrected chi connectivity index (χ3v) is 3.46. The van der Waals surface area contributed by atoms with E-state index in [1.54, 1.807) is 0 Å². The van der Waals surface area contributed by atoms with Crippen LogP contribution in [0.15, 0.2) is 22.7 Å². The van der Waals surface area contributed by atoms with Crippen LogP contribution in [0, 0.1) is 5.82 Å². The number of rotatable bonds is 4. The van der Waals surface area contributed by atoms with Gasteiger partial charge in [0.25, 0.3) is 0 Å². The van der Waals surface area contributed by atoms with Gasteiger partial charge < -0.3 is 4.74 Å². The van der Waals surface area contributed by atoms with Gasteiger partial charge >= 0.3 is 0 Å². The zero-order valence-electron chi connectivity index (χ0n) is 9.46. The Kier molecular flexibility index (Phi) is 4.50. The molecule has 0 bridgehead atoms. The first kappa shape index (κ1) is 13.0. The molecule has 3 nitrogen and oxygen atoms in total. The van der Waals surface area contributed by atoms with Crippen LogP contribution < -0.4 is 11.3 Å². The van der Waals surface area contributed by atoms with E-state index in [4.69, 9.17) is 10.6 Å². The Bertz CT molecular complexity index is 363. The van der Waals surface area contributed by atoms with Crippen molar-refractivity contribution in [2.75, 3.05) is 6.61 Å². The largest absolute Gasteiger partial charge is 0.377 e. The number of hydrazine groups is 1. The fraction of sp³-hybridized carbons (Fsp3) is 0.500. The first-order valence-corrected chi connectivity index (χ1v) is 6.51. The normalized spacial score (nSPS) is 21.7. The Hall–Kier alpha value is -0.490. The molecule has 94 valence electrons. The quantitative estimate of drug-likeness (QED) is 0.662. The van der Waals surface area contributed by atoms with Gasteiger partial charge in [-0.1, -0.05) is 15.9 Å². The standard InChI is InChI=1S/C12H16BrFN2O/c13-9-4-8(5-10(14)7-9)6-11(16-15)12-2-1-3-17-12/h4-5,7,11-12,16H,1-3,6,15H2. The number of hydrogen-bond donors (Lipinski definition) is 2. The summed E-state index contributed by atoms with van der Waals surface area (Å²) in [7, 11) is 0. The summed E-state index contributed by atoms with van der Waals surface area (Å²) >= 11 is 3.29. The molecule has 0 spiro atoms. The van der Waals surface area contributed by atoms with Gasteiger partial charge in [0, 0.05) is 11.1 Å². The van der Waals surface area contributed by atoms with Crippen molar-refractivity contribution in [2.24, 2.45) is 5.84 Å². The Morgan fingerprint density at radius 3 is 2.94 bits per heavy atom. The van der Waals surface area contributed by atoms with Crippen LogP contribution in [-0.4, -0.2) is 18.8 Å². The SMILES string of the molecule is NNC(Cc1cc(F)cc(Br)c1)C1CCCO1. The molecule has 5 heteroatoms. The maximum absolute atomic E-state index is 13.2. The molecule has 1 saturated heterocycles. The molecule has 2 unspecified atom stereocenters. The van der Waals surface area contributed by atoms with Gasteiger partial charge in [0.15, 0.2) is 0 Å². The molecule has 1 aliphatic rings. The van der Waals surface area contributed by atoms with Crippen molar-refractivity contribution in [2.45, 2.75) is 31.4 Å². The van der Waals surface area contributed by atoms with Crippen LogP contribution in [0.2, 0.25) is 0 Å². The van der Waals surface area contributed by atoms with E-state index in [2.05, 4.69) is 21.4 Å². The number of hydrogen-bond acceptors (Lipinski definition) is 3. The molecule has 0 saturated carbocycles. The van der Waals surface area contributed by atoms with Gasteiger partial charge in [0.1, 0.15) is 5.82 Å². The van der Waals surface area contributed by atoms with Crippen molar-refractivity contribution < 1.29 is 9.13 Å². The predicted octanol–water partition coefficient (Wildman–Crippen LogP) is 2.14. The molecule has 0 amide bonds. The molecule has 0 aromatic heterocycles. The summed E-state index contributed by atoms with van der Waals surface area (Å²) in [4.78, 5) is 0. The lowest BCUT2D eigenvalue weighted by Crippen LogP contribution is -2.45. The summed E-state index contributed by atoms with van der Waals surface area (Å²) in [5.74, 6) is 5.30. The van der Waals surface area contributed by atoms with Gasteiger partial charge in [-0.05, 0) is 43.0 Å². The summed E-state index contributed by atoms with van der Waals surface area (Å²) in [6.07, 6.45) is 2.86. The summed E-state index contributed by atoms with van der Waals surface area (Å²) in [6.45, 7) is 0.787. The minimum Gasteiger partial charge on any atom is -0.377 e. The highest BCUT2D eigenvalue weighted by atomic mass is 79.9. The topological polar surface area (TPSA) is 47.3 Å². The number of nitrogens with two attached hydrogens (primary N) is 1. The van der Waals surface area contributed by atoms with Crippen molar-refractivity contribution in [3.8, 4) is 0 Å². The maximum Gasteiger partial charge on any atom is 0.124 e. The van der Waals surface area contributed by atoms with Crippen molar-refractivity contribution in [1.29, 1.82) is 0 Å². The predicted molar refractivity (Wildman–Crippen MR) is 67.9 cm³/mol. The number of nitrogens with one attached hydrogen (secondary N) is 1. The molecule has 1 fully saturated rings. The number of benzene rings is 1. The molecule has 0 radical (unpaired) electrons. The summed E-state index contributed by atoms with van der Waals surface area (Å²) in [5.41, 5.74) is 3.68. The second-order valence-corrected chi connectivity index (χ2v) is 5.22. The highest BCUT2D eigenvalue weighted by molar-refractivity contribution is 9.10. The number of halogens is 2. The third-order valence-electron chi connectivity index (χ3n) is 3.01. The monoisotopic (exact) mass is 302 g/mol. The average Bonchev–Trinajstić information content (AvgIpc) is 2.77. The van der Waals surface area contributed by atoms with E-state index < -0.39 is 0 Å². The third kappa shape index (κ3) is 3.48. The van der Waals surface area contributed by atoms with Gasteiger partial charge in [-0.3, -0.25) is 11.3 Å². The lowest BCUT2D eigenvalue weighted by Gasteiger charge is -2.22. The van der Waals surface area contributed by atoms with E-state index in [-0.39, 0.29) is 18.0 Å². The van der Waals surface area contributed by atoms with Crippen molar-refractivity contribution in [3.05, 3.63) is 34.1 Å². The molecule has 0 aliphatic carbocycles. The van der Waals surface area contributed by atoms with Gasteiger partial charge in [-0.2, -0.15) is 0 Å². The average molecular weight is 303 g/mol. The maximum atomic E-state index is 13.2. The lowest BCUT2D eigenvalue weighted by molar-refractivity contribution is 0.0784. The second kappa shape index (κ2) is 5.91. The van der Waals surface area contributed by atoms with E-state index in [0.717, 1.165) is 29.5 Å². The highest BCUT2D eigenvalue weighted by Gasteiger charge is 2.25. The van der Waals surface area contributed by atoms with Gasteiger partial charge in [0.2, 0.25) is 0 Å². The fourth-order valence-corrected chi connectivity index (χ4v) is 2.71. The first-order chi connectivity index (χ1) is 8.19. The minimum atomic E-state index is -0.238. The molecule has 3 N–H and O–H groups in total. The van der Waals surface area contributed by atoms with Crippen LogP contribution in [0.4, 0.5) is 4.39 Å². The smallest absolute Gasteiger partial charge is 0.124 e. The number of ether oxygens (including phenoxy) is 1. The zero-order chi connectivity index (χ0) is 12.3. The van der Waals surface area contributed by atoms with Crippen LogP contribution in [0.25, 0.3) is 0 Å². The highest BCUT2D eigenvalue weighted by Crippen LogP contribution is 2.21. The molecule has 2 atom stereocenters. The Labute approximate surface area is 109 Å². The molecule has 1 aliphatic heterocycles. The van der Waals surface area contributed by atoms with Crippen LogP contribution in [0.3, 0.4) is 0 Å². The van der Waals surface area contributed by atoms with Crippen LogP contribution in [0.5, 0.6) is 0 Å². The fourth-order valence-electron chi connectivity index (χ4n) is 2.20. The summed E-state index contributed by atoms with van der Waals surface area (Å²) in [5, 5.41) is 0. The van der Waals surface area contributed by atoms with Gasteiger partial charge in [0.05, 0.1) is 12.1 Å². The van der Waals surface area contributed by atoms with Crippen LogP contribution in [-0.2, 0) is 11.2 Å². The zero-order valence-corrected chi connectivity index (χ0v) is 11.0. The molecular weight excluding hydrogens is 287 g/mol. The van der Waals surface area contributed by atoms with E-state index >= 15 is 0 Å². The van der Waals surface area contributed by atoms with Crippen molar-refractivity contribution in [3.63, 3.8) is 0 Å². The molecule has 2 rings (SSSR count). The van der Waals surface area contributed by atoms with Crippen molar-refractivity contribution in [1.82, 2.24) is 5.43 Å².